The lowest BCUT2D eigenvalue weighted by molar-refractivity contribution is 0.0526. The topological polar surface area (TPSA) is 49.3 Å². The van der Waals surface area contributed by atoms with Gasteiger partial charge in [-0.3, -0.25) is 4.79 Å². The third-order valence-electron chi connectivity index (χ3n) is 3.34. The summed E-state index contributed by atoms with van der Waals surface area (Å²) >= 11 is 0. The molecule has 1 amide bonds. The van der Waals surface area contributed by atoms with Crippen molar-refractivity contribution in [2.75, 3.05) is 6.54 Å². The van der Waals surface area contributed by atoms with E-state index in [4.69, 9.17) is 0 Å². The Morgan fingerprint density at radius 3 is 2.52 bits per heavy atom. The van der Waals surface area contributed by atoms with Crippen molar-refractivity contribution in [1.82, 2.24) is 5.32 Å². The van der Waals surface area contributed by atoms with E-state index in [1.54, 1.807) is 19.1 Å². The second-order valence-corrected chi connectivity index (χ2v) is 5.33. The number of hydrogen-bond acceptors (Lipinski definition) is 2. The Morgan fingerprint density at radius 1 is 1.24 bits per heavy atom. The van der Waals surface area contributed by atoms with Gasteiger partial charge < -0.3 is 10.4 Å². The Kier molecular flexibility index (Phi) is 4.38. The van der Waals surface area contributed by atoms with Gasteiger partial charge in [0.1, 0.15) is 11.4 Å². The minimum Gasteiger partial charge on any atom is -0.384 e. The molecule has 110 valence electrons. The van der Waals surface area contributed by atoms with E-state index in [2.05, 4.69) is 5.32 Å². The highest BCUT2D eigenvalue weighted by molar-refractivity contribution is 5.94. The van der Waals surface area contributed by atoms with Gasteiger partial charge in [-0.15, -0.1) is 0 Å². The molecule has 2 rings (SSSR count). The van der Waals surface area contributed by atoms with Crippen LogP contribution in [0.25, 0.3) is 0 Å². The largest absolute Gasteiger partial charge is 0.384 e. The summed E-state index contributed by atoms with van der Waals surface area (Å²) in [6.07, 6.45) is 0. The first-order valence-corrected chi connectivity index (χ1v) is 6.72. The van der Waals surface area contributed by atoms with Crippen molar-refractivity contribution in [1.29, 1.82) is 0 Å². The van der Waals surface area contributed by atoms with Gasteiger partial charge in [0, 0.05) is 5.56 Å². The number of carbonyl (C=O) groups is 1. The second kappa shape index (κ2) is 6.06. The first-order valence-electron chi connectivity index (χ1n) is 6.72. The fourth-order valence-corrected chi connectivity index (χ4v) is 2.05. The van der Waals surface area contributed by atoms with E-state index in [9.17, 15) is 14.3 Å². The number of rotatable bonds is 4. The summed E-state index contributed by atoms with van der Waals surface area (Å²) in [6, 6.07) is 12.8. The molecule has 4 heteroatoms. The van der Waals surface area contributed by atoms with Crippen molar-refractivity contribution < 1.29 is 14.3 Å². The third-order valence-corrected chi connectivity index (χ3v) is 3.34. The van der Waals surface area contributed by atoms with Crippen LogP contribution in [0.3, 0.4) is 0 Å². The first kappa shape index (κ1) is 15.2. The molecule has 2 aromatic rings. The van der Waals surface area contributed by atoms with Crippen LogP contribution in [0, 0.1) is 12.7 Å². The Bertz CT molecular complexity index is 635. The van der Waals surface area contributed by atoms with Gasteiger partial charge in [-0.1, -0.05) is 29.8 Å². The Labute approximate surface area is 123 Å². The molecule has 0 saturated carbocycles. The highest BCUT2D eigenvalue weighted by Crippen LogP contribution is 2.20. The summed E-state index contributed by atoms with van der Waals surface area (Å²) in [5.74, 6) is -0.612. The molecular formula is C17H18FNO2. The zero-order chi connectivity index (χ0) is 15.5. The predicted octanol–water partition coefficient (Wildman–Crippen LogP) is 2.77. The summed E-state index contributed by atoms with van der Waals surface area (Å²) in [5.41, 5.74) is 0.832. The monoisotopic (exact) mass is 287 g/mol. The van der Waals surface area contributed by atoms with E-state index in [-0.39, 0.29) is 18.3 Å². The van der Waals surface area contributed by atoms with Crippen molar-refractivity contribution in [2.45, 2.75) is 19.4 Å². The van der Waals surface area contributed by atoms with Crippen molar-refractivity contribution >= 4 is 5.91 Å². The molecule has 0 spiro atoms. The summed E-state index contributed by atoms with van der Waals surface area (Å²) in [7, 11) is 0. The molecule has 3 nitrogen and oxygen atoms in total. The van der Waals surface area contributed by atoms with Gasteiger partial charge in [-0.25, -0.2) is 4.39 Å². The number of amides is 1. The van der Waals surface area contributed by atoms with Crippen LogP contribution >= 0.6 is 0 Å². The lowest BCUT2D eigenvalue weighted by Crippen LogP contribution is -2.38. The van der Waals surface area contributed by atoms with E-state index in [0.717, 1.165) is 5.56 Å². The van der Waals surface area contributed by atoms with Gasteiger partial charge in [0.25, 0.3) is 5.91 Å². The lowest BCUT2D eigenvalue weighted by Gasteiger charge is -2.24. The first-order chi connectivity index (χ1) is 9.88. The predicted molar refractivity (Wildman–Crippen MR) is 79.5 cm³/mol. The SMILES string of the molecule is Cc1cccc(C(=O)NCC(C)(O)c2ccc(F)cc2)c1. The van der Waals surface area contributed by atoms with Crippen molar-refractivity contribution in [2.24, 2.45) is 0 Å². The number of hydrogen-bond donors (Lipinski definition) is 2. The van der Waals surface area contributed by atoms with E-state index >= 15 is 0 Å². The van der Waals surface area contributed by atoms with Crippen LogP contribution in [0.4, 0.5) is 4.39 Å². The van der Waals surface area contributed by atoms with Gasteiger partial charge in [0.2, 0.25) is 0 Å². The second-order valence-electron chi connectivity index (χ2n) is 5.33. The summed E-state index contributed by atoms with van der Waals surface area (Å²) in [6.45, 7) is 3.54. The van der Waals surface area contributed by atoms with Crippen LogP contribution in [0.5, 0.6) is 0 Å². The molecule has 1 atom stereocenters. The molecule has 21 heavy (non-hydrogen) atoms. The van der Waals surface area contributed by atoms with Gasteiger partial charge >= 0.3 is 0 Å². The Hall–Kier alpha value is -2.20. The molecule has 2 N–H and O–H groups in total. The molecule has 0 aromatic heterocycles. The quantitative estimate of drug-likeness (QED) is 0.908. The average molecular weight is 287 g/mol. The molecule has 2 aromatic carbocycles. The maximum absolute atomic E-state index is 12.9. The molecule has 0 aliphatic heterocycles. The standard InChI is InChI=1S/C17H18FNO2/c1-12-4-3-5-13(10-12)16(20)19-11-17(2,21)14-6-8-15(18)9-7-14/h3-10,21H,11H2,1-2H3,(H,19,20). The highest BCUT2D eigenvalue weighted by atomic mass is 19.1. The Balaban J connectivity index is 2.04. The van der Waals surface area contributed by atoms with Crippen molar-refractivity contribution in [3.63, 3.8) is 0 Å². The van der Waals surface area contributed by atoms with E-state index < -0.39 is 5.60 Å². The summed E-state index contributed by atoms with van der Waals surface area (Å²) in [5, 5.41) is 13.1. The van der Waals surface area contributed by atoms with Crippen molar-refractivity contribution in [3.05, 3.63) is 71.0 Å². The van der Waals surface area contributed by atoms with Crippen LogP contribution in [-0.2, 0) is 5.60 Å². The molecule has 0 aliphatic carbocycles. The molecule has 0 aliphatic rings. The van der Waals surface area contributed by atoms with Gasteiger partial charge in [-0.2, -0.15) is 0 Å². The highest BCUT2D eigenvalue weighted by Gasteiger charge is 2.24. The Morgan fingerprint density at radius 2 is 1.90 bits per heavy atom. The van der Waals surface area contributed by atoms with Crippen LogP contribution in [0.1, 0.15) is 28.4 Å². The molecule has 0 saturated heterocycles. The van der Waals surface area contributed by atoms with E-state index in [1.165, 1.54) is 24.3 Å². The van der Waals surface area contributed by atoms with Crippen LogP contribution in [0.15, 0.2) is 48.5 Å². The minimum atomic E-state index is -1.26. The number of aryl methyl sites for hydroxylation is 1. The van der Waals surface area contributed by atoms with Crippen LogP contribution < -0.4 is 5.32 Å². The minimum absolute atomic E-state index is 0.0470. The van der Waals surface area contributed by atoms with Crippen LogP contribution in [0.2, 0.25) is 0 Å². The number of nitrogens with one attached hydrogen (secondary N) is 1. The zero-order valence-corrected chi connectivity index (χ0v) is 12.1. The number of carbonyl (C=O) groups excluding carboxylic acids is 1. The smallest absolute Gasteiger partial charge is 0.251 e. The van der Waals surface area contributed by atoms with Gasteiger partial charge in [0.15, 0.2) is 0 Å². The maximum atomic E-state index is 12.9. The molecule has 0 bridgehead atoms. The van der Waals surface area contributed by atoms with Gasteiger partial charge in [0.05, 0.1) is 6.54 Å². The maximum Gasteiger partial charge on any atom is 0.251 e. The fourth-order valence-electron chi connectivity index (χ4n) is 2.05. The van der Waals surface area contributed by atoms with E-state index in [0.29, 0.717) is 11.1 Å². The number of benzene rings is 2. The summed E-state index contributed by atoms with van der Waals surface area (Å²) < 4.78 is 12.9. The molecular weight excluding hydrogens is 269 g/mol. The normalized spacial score (nSPS) is 13.5. The van der Waals surface area contributed by atoms with Crippen molar-refractivity contribution in [3.8, 4) is 0 Å². The molecule has 0 heterocycles. The third kappa shape index (κ3) is 3.89. The van der Waals surface area contributed by atoms with E-state index in [1.807, 2.05) is 19.1 Å². The molecule has 1 unspecified atom stereocenters. The zero-order valence-electron chi connectivity index (χ0n) is 12.1. The molecule has 0 radical (unpaired) electrons. The molecule has 0 fully saturated rings. The van der Waals surface area contributed by atoms with Gasteiger partial charge in [-0.05, 0) is 43.7 Å². The lowest BCUT2D eigenvalue weighted by atomic mass is 9.96. The average Bonchev–Trinajstić information content (AvgIpc) is 2.45. The number of halogens is 1. The number of aliphatic hydroxyl groups is 1. The summed E-state index contributed by atoms with van der Waals surface area (Å²) in [4.78, 5) is 12.0. The fraction of sp³-hybridized carbons (Fsp3) is 0.235. The van der Waals surface area contributed by atoms with Crippen LogP contribution in [-0.4, -0.2) is 17.6 Å².